The van der Waals surface area contributed by atoms with Crippen LogP contribution in [0.4, 0.5) is 11.5 Å². The maximum absolute atomic E-state index is 6.10. The molecular formula is C23H21N7O2. The molecule has 0 amide bonds. The van der Waals surface area contributed by atoms with Gasteiger partial charge < -0.3 is 24.8 Å². The third kappa shape index (κ3) is 3.77. The molecule has 0 aliphatic heterocycles. The van der Waals surface area contributed by atoms with E-state index >= 15 is 0 Å². The highest BCUT2D eigenvalue weighted by Crippen LogP contribution is 2.32. The standard InChI is InChI=1S/C23H21N7O2/c1-14-7-15(28-22-18(10-25-12-26-22)23-29-16(9-24)11-31-23)3-6-21(14)32-17-4-5-20-19(8-17)27-13-30(20)2/h3-8,10-13H,9,24H2,1-2H3,(H,25,26,28). The van der Waals surface area contributed by atoms with Crippen molar-refractivity contribution in [3.63, 3.8) is 0 Å². The molecular weight excluding hydrogens is 406 g/mol. The van der Waals surface area contributed by atoms with E-state index in [2.05, 4.69) is 25.3 Å². The van der Waals surface area contributed by atoms with E-state index in [0.29, 0.717) is 29.5 Å². The van der Waals surface area contributed by atoms with Gasteiger partial charge in [0.2, 0.25) is 5.89 Å². The minimum atomic E-state index is 0.299. The highest BCUT2D eigenvalue weighted by molar-refractivity contribution is 5.77. The first kappa shape index (κ1) is 19.7. The Balaban J connectivity index is 1.38. The number of rotatable bonds is 6. The molecule has 5 rings (SSSR count). The number of ether oxygens (including phenoxy) is 1. The van der Waals surface area contributed by atoms with Gasteiger partial charge in [0.1, 0.15) is 29.9 Å². The highest BCUT2D eigenvalue weighted by atomic mass is 16.5. The number of oxazole rings is 1. The molecule has 9 heteroatoms. The van der Waals surface area contributed by atoms with Crippen LogP contribution in [0.15, 0.2) is 65.9 Å². The fraction of sp³-hybridized carbons (Fsp3) is 0.130. The Kier molecular flexibility index (Phi) is 5.00. The zero-order valence-corrected chi connectivity index (χ0v) is 17.6. The van der Waals surface area contributed by atoms with Gasteiger partial charge in [-0.25, -0.2) is 19.9 Å². The van der Waals surface area contributed by atoms with Crippen molar-refractivity contribution in [1.29, 1.82) is 0 Å². The summed E-state index contributed by atoms with van der Waals surface area (Å²) in [7, 11) is 1.97. The SMILES string of the molecule is Cc1cc(Nc2ncncc2-c2nc(CN)co2)ccc1Oc1ccc2c(c1)ncn2C. The van der Waals surface area contributed by atoms with Crippen LogP contribution in [0.25, 0.3) is 22.5 Å². The van der Waals surface area contributed by atoms with Crippen LogP contribution in [-0.2, 0) is 13.6 Å². The van der Waals surface area contributed by atoms with E-state index in [1.54, 1.807) is 12.5 Å². The number of nitrogens with zero attached hydrogens (tertiary/aromatic N) is 5. The van der Waals surface area contributed by atoms with Crippen LogP contribution < -0.4 is 15.8 Å². The van der Waals surface area contributed by atoms with E-state index in [0.717, 1.165) is 33.8 Å². The number of hydrogen-bond acceptors (Lipinski definition) is 8. The van der Waals surface area contributed by atoms with E-state index in [9.17, 15) is 0 Å². The Bertz CT molecular complexity index is 1410. The van der Waals surface area contributed by atoms with Gasteiger partial charge in [-0.2, -0.15) is 0 Å². The predicted molar refractivity (Wildman–Crippen MR) is 121 cm³/mol. The van der Waals surface area contributed by atoms with Crippen molar-refractivity contribution in [2.75, 3.05) is 5.32 Å². The lowest BCUT2D eigenvalue weighted by molar-refractivity contribution is 0.479. The van der Waals surface area contributed by atoms with Gasteiger partial charge in [-0.15, -0.1) is 0 Å². The van der Waals surface area contributed by atoms with Crippen molar-refractivity contribution in [2.45, 2.75) is 13.5 Å². The van der Waals surface area contributed by atoms with E-state index < -0.39 is 0 Å². The van der Waals surface area contributed by atoms with Gasteiger partial charge in [0.15, 0.2) is 0 Å². The number of anilines is 2. The lowest BCUT2D eigenvalue weighted by Crippen LogP contribution is -1.99. The largest absolute Gasteiger partial charge is 0.457 e. The summed E-state index contributed by atoms with van der Waals surface area (Å²) < 4.78 is 13.6. The average Bonchev–Trinajstić information content (AvgIpc) is 3.43. The lowest BCUT2D eigenvalue weighted by atomic mass is 10.2. The van der Waals surface area contributed by atoms with Crippen molar-refractivity contribution in [2.24, 2.45) is 12.8 Å². The summed E-state index contributed by atoms with van der Waals surface area (Å²) in [5.74, 6) is 2.49. The number of fused-ring (bicyclic) bond motifs is 1. The first-order valence-corrected chi connectivity index (χ1v) is 10.0. The first-order valence-electron chi connectivity index (χ1n) is 10.0. The Morgan fingerprint density at radius 1 is 1.16 bits per heavy atom. The van der Waals surface area contributed by atoms with Gasteiger partial charge in [-0.1, -0.05) is 0 Å². The van der Waals surface area contributed by atoms with Crippen molar-refractivity contribution in [3.05, 3.63) is 72.8 Å². The smallest absolute Gasteiger partial charge is 0.231 e. The molecule has 5 aromatic rings. The zero-order valence-electron chi connectivity index (χ0n) is 17.6. The van der Waals surface area contributed by atoms with Crippen LogP contribution in [0, 0.1) is 6.92 Å². The Hall–Kier alpha value is -4.24. The second-order valence-corrected chi connectivity index (χ2v) is 7.35. The highest BCUT2D eigenvalue weighted by Gasteiger charge is 2.14. The maximum atomic E-state index is 6.10. The summed E-state index contributed by atoms with van der Waals surface area (Å²) >= 11 is 0. The average molecular weight is 427 g/mol. The van der Waals surface area contributed by atoms with Crippen LogP contribution >= 0.6 is 0 Å². The van der Waals surface area contributed by atoms with Gasteiger partial charge >= 0.3 is 0 Å². The number of benzene rings is 2. The van der Waals surface area contributed by atoms with Crippen LogP contribution in [0.5, 0.6) is 11.5 Å². The predicted octanol–water partition coefficient (Wildman–Crippen LogP) is 4.32. The number of aryl methyl sites for hydroxylation is 2. The molecule has 0 fully saturated rings. The van der Waals surface area contributed by atoms with Gasteiger partial charge in [0.25, 0.3) is 0 Å². The molecule has 0 radical (unpaired) electrons. The van der Waals surface area contributed by atoms with Crippen LogP contribution in [0.1, 0.15) is 11.3 Å². The summed E-state index contributed by atoms with van der Waals surface area (Å²) in [6.07, 6.45) is 6.44. The quantitative estimate of drug-likeness (QED) is 0.411. The molecule has 0 aliphatic carbocycles. The molecule has 0 spiro atoms. The summed E-state index contributed by atoms with van der Waals surface area (Å²) in [4.78, 5) is 17.2. The number of aromatic nitrogens is 5. The molecule has 9 nitrogen and oxygen atoms in total. The summed E-state index contributed by atoms with van der Waals surface area (Å²) in [5, 5.41) is 3.31. The van der Waals surface area contributed by atoms with Gasteiger partial charge in [-0.05, 0) is 42.8 Å². The third-order valence-electron chi connectivity index (χ3n) is 5.07. The molecule has 0 atom stereocenters. The van der Waals surface area contributed by atoms with Crippen molar-refractivity contribution < 1.29 is 9.15 Å². The Morgan fingerprint density at radius 3 is 2.88 bits per heavy atom. The number of nitrogens with two attached hydrogens (primary N) is 1. The summed E-state index contributed by atoms with van der Waals surface area (Å²) in [6, 6.07) is 11.7. The zero-order chi connectivity index (χ0) is 22.1. The molecule has 0 aliphatic rings. The third-order valence-corrected chi connectivity index (χ3v) is 5.07. The molecule has 0 unspecified atom stereocenters. The molecule has 3 N–H and O–H groups in total. The van der Waals surface area contributed by atoms with Gasteiger partial charge in [-0.3, -0.25) is 0 Å². The maximum Gasteiger partial charge on any atom is 0.231 e. The number of hydrogen-bond donors (Lipinski definition) is 2. The normalized spacial score (nSPS) is 11.1. The van der Waals surface area contributed by atoms with Crippen molar-refractivity contribution in [1.82, 2.24) is 24.5 Å². The molecule has 32 heavy (non-hydrogen) atoms. The van der Waals surface area contributed by atoms with Crippen molar-refractivity contribution in [3.8, 4) is 23.0 Å². The topological polar surface area (TPSA) is 117 Å². The molecule has 2 aromatic carbocycles. The fourth-order valence-electron chi connectivity index (χ4n) is 3.39. The number of imidazole rings is 1. The summed E-state index contributed by atoms with van der Waals surface area (Å²) in [5.41, 5.74) is 10.7. The van der Waals surface area contributed by atoms with E-state index in [4.69, 9.17) is 14.9 Å². The second kappa shape index (κ2) is 8.12. The van der Waals surface area contributed by atoms with Crippen LogP contribution in [-0.4, -0.2) is 24.5 Å². The Morgan fingerprint density at radius 2 is 2.06 bits per heavy atom. The van der Waals surface area contributed by atoms with E-state index in [1.807, 2.05) is 54.9 Å². The first-order chi connectivity index (χ1) is 15.6. The van der Waals surface area contributed by atoms with Gasteiger partial charge in [0.05, 0.1) is 28.6 Å². The van der Waals surface area contributed by atoms with Crippen LogP contribution in [0.2, 0.25) is 0 Å². The van der Waals surface area contributed by atoms with E-state index in [-0.39, 0.29) is 0 Å². The summed E-state index contributed by atoms with van der Waals surface area (Å²) in [6.45, 7) is 2.29. The van der Waals surface area contributed by atoms with E-state index in [1.165, 1.54) is 12.6 Å². The fourth-order valence-corrected chi connectivity index (χ4v) is 3.39. The second-order valence-electron chi connectivity index (χ2n) is 7.35. The number of nitrogens with one attached hydrogen (secondary N) is 1. The Labute approximate surface area is 183 Å². The molecule has 0 saturated heterocycles. The minimum absolute atomic E-state index is 0.299. The molecule has 3 heterocycles. The van der Waals surface area contributed by atoms with Crippen molar-refractivity contribution >= 4 is 22.5 Å². The molecule has 0 bridgehead atoms. The van der Waals surface area contributed by atoms with Crippen LogP contribution in [0.3, 0.4) is 0 Å². The molecule has 0 saturated carbocycles. The molecule has 160 valence electrons. The monoisotopic (exact) mass is 427 g/mol. The van der Waals surface area contributed by atoms with Gasteiger partial charge in [0, 0.05) is 31.5 Å². The minimum Gasteiger partial charge on any atom is -0.457 e. The lowest BCUT2D eigenvalue weighted by Gasteiger charge is -2.12. The molecule has 3 aromatic heterocycles.